The molecule has 0 unspecified atom stereocenters. The van der Waals surface area contributed by atoms with Gasteiger partial charge in [0.1, 0.15) is 0 Å². The molecule has 0 aliphatic carbocycles. The Labute approximate surface area is 697 Å². The van der Waals surface area contributed by atoms with E-state index in [1.165, 1.54) is 33.0 Å². The molecule has 17 rings (SSSR count). The molecule has 0 fully saturated rings. The Bertz CT molecular complexity index is 5530. The molecule has 8 nitrogen and oxygen atoms in total. The smallest absolute Gasteiger partial charge is 0.0645 e. The fourth-order valence-electron chi connectivity index (χ4n) is 13.7. The highest BCUT2D eigenvalue weighted by Gasteiger charge is 2.23. The van der Waals surface area contributed by atoms with E-state index in [1.807, 2.05) is 48.8 Å². The van der Waals surface area contributed by atoms with Crippen LogP contribution in [-0.2, 0) is 0 Å². The molecular formula is C103H89Br3N8. The zero-order valence-corrected chi connectivity index (χ0v) is 66.0. The normalized spacial score (nSPS) is 10.5. The van der Waals surface area contributed by atoms with Crippen LogP contribution in [0.5, 0.6) is 0 Å². The summed E-state index contributed by atoms with van der Waals surface area (Å²) in [6, 6.07) is 142. The molecule has 0 N–H and O–H groups in total. The van der Waals surface area contributed by atoms with Crippen LogP contribution in [0.1, 0.15) is 33.4 Å². The van der Waals surface area contributed by atoms with Gasteiger partial charge in [-0.1, -0.05) is 281 Å². The number of aryl methyl sites for hydroxylation is 2. The van der Waals surface area contributed by atoms with Crippen molar-refractivity contribution in [3.8, 4) is 11.1 Å². The van der Waals surface area contributed by atoms with E-state index < -0.39 is 0 Å². The fourth-order valence-corrected chi connectivity index (χ4v) is 15.1. The van der Waals surface area contributed by atoms with Crippen LogP contribution in [0.15, 0.2) is 445 Å². The molecule has 0 amide bonds. The van der Waals surface area contributed by atoms with Crippen molar-refractivity contribution in [1.29, 1.82) is 0 Å². The molecule has 0 aliphatic rings. The standard InChI is InChI=1S/C40H29BrN2.C32H27BrN2.C28H21BrN4.3CH4/c41-34-27-39(42(35-15-7-2-8-16-35)36-17-9-3-10-18-36)29-40(28-34)43(37-19-11-4-12-20-37)38-24-23-32-25-31(21-22-33(32)26-38)30-13-5-1-6-14-30;1-24-13-17-29(18-14-24)35(30-19-15-25(2)16-20-30)32-22-26(33)21-31(23-32)34(27-9-5-3-6-10-27)28-11-7-4-8-12-28;29-22-17-27(32(23-9-3-1-4-10-23)24-11-5-2-6-12-24)19-28(18-22)33(25-13-7-15-30-20-25)26-14-8-16-31-21-26;;;/h1-29H;3-23H,1-2H3;1-21H;3*1H4. The third-order valence-electron chi connectivity index (χ3n) is 18.8. The van der Waals surface area contributed by atoms with E-state index in [1.54, 1.807) is 12.4 Å². The third kappa shape index (κ3) is 19.5. The number of rotatable bonds is 19. The molecule has 562 valence electrons. The lowest BCUT2D eigenvalue weighted by molar-refractivity contribution is 1.19. The summed E-state index contributed by atoms with van der Waals surface area (Å²) in [6.07, 6.45) is 7.28. The molecule has 0 radical (unpaired) electrons. The molecule has 0 atom stereocenters. The van der Waals surface area contributed by atoms with Crippen LogP contribution in [0.2, 0.25) is 0 Å². The maximum atomic E-state index is 4.35. The van der Waals surface area contributed by atoms with Gasteiger partial charge >= 0.3 is 0 Å². The number of para-hydroxylation sites is 7. The summed E-state index contributed by atoms with van der Waals surface area (Å²) in [6.45, 7) is 4.24. The lowest BCUT2D eigenvalue weighted by Gasteiger charge is -2.30. The van der Waals surface area contributed by atoms with Crippen molar-refractivity contribution in [2.24, 2.45) is 0 Å². The lowest BCUT2D eigenvalue weighted by atomic mass is 10.0. The van der Waals surface area contributed by atoms with Crippen LogP contribution in [0.25, 0.3) is 21.9 Å². The van der Waals surface area contributed by atoms with Crippen LogP contribution in [0, 0.1) is 13.8 Å². The van der Waals surface area contributed by atoms with E-state index in [2.05, 4.69) is 471 Å². The Morgan fingerprint density at radius 2 is 0.412 bits per heavy atom. The summed E-state index contributed by atoms with van der Waals surface area (Å²) in [7, 11) is 0. The second-order valence-electron chi connectivity index (χ2n) is 26.6. The Hall–Kier alpha value is -12.9. The Balaban J connectivity index is 0.000000158. The summed E-state index contributed by atoms with van der Waals surface area (Å²) in [5, 5.41) is 2.41. The fraction of sp³-hybridized carbons (Fsp3) is 0.0485. The first-order chi connectivity index (χ1) is 54.6. The number of pyridine rings is 2. The Kier molecular flexibility index (Phi) is 27.5. The predicted octanol–water partition coefficient (Wildman–Crippen LogP) is 32.3. The number of anilines is 18. The summed E-state index contributed by atoms with van der Waals surface area (Å²) in [4.78, 5) is 22.3. The SMILES string of the molecule is Brc1cc(N(c2ccccc2)c2ccccc2)cc(N(c2ccccc2)c2ccc3cc(-c4ccccc4)ccc3c2)c1.Brc1cc(N(c2ccccc2)c2ccccc2)cc(N(c2cccnc2)c2cccnc2)c1.C.C.C.Cc1ccc(N(c2ccc(C)cc2)c2cc(Br)cc(N(c3ccccc3)c3ccccc3)c2)cc1. The molecule has 0 saturated carbocycles. The van der Waals surface area contributed by atoms with Gasteiger partial charge in [-0.25, -0.2) is 0 Å². The van der Waals surface area contributed by atoms with Crippen LogP contribution in [0.3, 0.4) is 0 Å². The number of halogens is 3. The first-order valence-corrected chi connectivity index (χ1v) is 39.1. The molecule has 17 aromatic rings. The van der Waals surface area contributed by atoms with Crippen LogP contribution in [-0.4, -0.2) is 9.97 Å². The highest BCUT2D eigenvalue weighted by Crippen LogP contribution is 2.47. The highest BCUT2D eigenvalue weighted by molar-refractivity contribution is 9.11. The lowest BCUT2D eigenvalue weighted by Crippen LogP contribution is -2.13. The van der Waals surface area contributed by atoms with Crippen LogP contribution >= 0.6 is 47.8 Å². The van der Waals surface area contributed by atoms with E-state index in [0.717, 1.165) is 116 Å². The van der Waals surface area contributed by atoms with E-state index >= 15 is 0 Å². The summed E-state index contributed by atoms with van der Waals surface area (Å²) in [5.74, 6) is 0. The average Bonchev–Trinajstić information content (AvgIpc) is 0.783. The Morgan fingerprint density at radius 3 is 0.693 bits per heavy atom. The number of hydrogen-bond donors (Lipinski definition) is 0. The van der Waals surface area contributed by atoms with Gasteiger partial charge in [-0.3, -0.25) is 9.97 Å². The maximum Gasteiger partial charge on any atom is 0.0645 e. The quantitative estimate of drug-likeness (QED) is 0.0794. The number of fused-ring (bicyclic) bond motifs is 1. The minimum Gasteiger partial charge on any atom is -0.310 e. The molecule has 114 heavy (non-hydrogen) atoms. The van der Waals surface area contributed by atoms with Crippen LogP contribution in [0.4, 0.5) is 102 Å². The summed E-state index contributed by atoms with van der Waals surface area (Å²) < 4.78 is 3.00. The van der Waals surface area contributed by atoms with E-state index in [4.69, 9.17) is 0 Å². The molecular weight excluding hydrogens is 1590 g/mol. The number of aromatic nitrogens is 2. The number of hydrogen-bond acceptors (Lipinski definition) is 8. The van der Waals surface area contributed by atoms with Gasteiger partial charge in [0, 0.05) is 117 Å². The monoisotopic (exact) mass is 1670 g/mol. The summed E-state index contributed by atoms with van der Waals surface area (Å²) >= 11 is 11.4. The molecule has 2 heterocycles. The van der Waals surface area contributed by atoms with Gasteiger partial charge < -0.3 is 29.4 Å². The Morgan fingerprint density at radius 1 is 0.184 bits per heavy atom. The zero-order valence-electron chi connectivity index (χ0n) is 61.2. The van der Waals surface area contributed by atoms with Gasteiger partial charge in [0.15, 0.2) is 0 Å². The molecule has 11 heteroatoms. The van der Waals surface area contributed by atoms with E-state index in [-0.39, 0.29) is 22.3 Å². The van der Waals surface area contributed by atoms with Gasteiger partial charge in [-0.2, -0.15) is 0 Å². The van der Waals surface area contributed by atoms with Crippen molar-refractivity contribution in [3.05, 3.63) is 456 Å². The number of benzene rings is 15. The average molecular weight is 1680 g/mol. The minimum absolute atomic E-state index is 0. The van der Waals surface area contributed by atoms with Crippen molar-refractivity contribution in [2.45, 2.75) is 36.1 Å². The van der Waals surface area contributed by atoms with Crippen molar-refractivity contribution >= 4 is 161 Å². The largest absolute Gasteiger partial charge is 0.310 e. The molecule has 0 bridgehead atoms. The predicted molar refractivity (Wildman–Crippen MR) is 499 cm³/mol. The number of nitrogens with zero attached hydrogens (tertiary/aromatic N) is 8. The third-order valence-corrected chi connectivity index (χ3v) is 20.2. The van der Waals surface area contributed by atoms with E-state index in [9.17, 15) is 0 Å². The van der Waals surface area contributed by atoms with Gasteiger partial charge in [-0.05, 0) is 242 Å². The molecule has 0 spiro atoms. The van der Waals surface area contributed by atoms with E-state index in [0.29, 0.717) is 0 Å². The molecule has 2 aromatic heterocycles. The topological polar surface area (TPSA) is 45.2 Å². The van der Waals surface area contributed by atoms with Gasteiger partial charge in [0.25, 0.3) is 0 Å². The van der Waals surface area contributed by atoms with Crippen molar-refractivity contribution in [2.75, 3.05) is 29.4 Å². The highest BCUT2D eigenvalue weighted by atomic mass is 79.9. The van der Waals surface area contributed by atoms with Gasteiger partial charge in [0.2, 0.25) is 0 Å². The second kappa shape index (κ2) is 38.8. The minimum atomic E-state index is 0. The second-order valence-corrected chi connectivity index (χ2v) is 29.3. The first kappa shape index (κ1) is 80.6. The zero-order chi connectivity index (χ0) is 75.7. The molecule has 0 saturated heterocycles. The van der Waals surface area contributed by atoms with Crippen molar-refractivity contribution < 1.29 is 0 Å². The van der Waals surface area contributed by atoms with Crippen molar-refractivity contribution in [1.82, 2.24) is 9.97 Å². The molecule has 15 aromatic carbocycles. The van der Waals surface area contributed by atoms with Crippen LogP contribution < -0.4 is 29.4 Å². The first-order valence-electron chi connectivity index (χ1n) is 36.7. The van der Waals surface area contributed by atoms with Gasteiger partial charge in [-0.15, -0.1) is 0 Å². The van der Waals surface area contributed by atoms with Crippen molar-refractivity contribution in [3.63, 3.8) is 0 Å². The molecule has 0 aliphatic heterocycles. The summed E-state index contributed by atoms with van der Waals surface area (Å²) in [5.41, 5.74) is 24.2. The maximum absolute atomic E-state index is 4.35. The van der Waals surface area contributed by atoms with Gasteiger partial charge in [0.05, 0.1) is 23.8 Å².